The van der Waals surface area contributed by atoms with Crippen molar-refractivity contribution in [2.24, 2.45) is 0 Å². The normalized spacial score (nSPS) is 12.0. The van der Waals surface area contributed by atoms with Crippen LogP contribution in [0.5, 0.6) is 11.5 Å². The van der Waals surface area contributed by atoms with E-state index in [9.17, 15) is 9.59 Å². The van der Waals surface area contributed by atoms with Crippen LogP contribution in [-0.4, -0.2) is 63.8 Å². The zero-order chi connectivity index (χ0) is 41.6. The maximum absolute atomic E-state index is 12.2. The van der Waals surface area contributed by atoms with E-state index in [2.05, 4.69) is 47.9 Å². The number of rotatable bonds is 20. The van der Waals surface area contributed by atoms with Crippen LogP contribution in [0.15, 0.2) is 120 Å². The molecule has 58 heavy (non-hydrogen) atoms. The predicted octanol–water partition coefficient (Wildman–Crippen LogP) is 9.13. The van der Waals surface area contributed by atoms with E-state index in [1.54, 1.807) is 6.92 Å². The molecule has 302 valence electrons. The summed E-state index contributed by atoms with van der Waals surface area (Å²) in [6.45, 7) is 13.5. The van der Waals surface area contributed by atoms with Gasteiger partial charge in [-0.15, -0.1) is 0 Å². The summed E-state index contributed by atoms with van der Waals surface area (Å²) in [5.74, 6) is 12.7. The molecule has 1 atom stereocenters. The maximum Gasteiger partial charge on any atom is 0.335 e. The summed E-state index contributed by atoms with van der Waals surface area (Å²) in [6.07, 6.45) is 4.78. The molecule has 0 saturated heterocycles. The smallest absolute Gasteiger partial charge is 0.335 e. The van der Waals surface area contributed by atoms with Crippen molar-refractivity contribution in [3.8, 4) is 46.3 Å². The van der Waals surface area contributed by atoms with Gasteiger partial charge in [0.15, 0.2) is 12.4 Å². The topological polar surface area (TPSA) is 89.5 Å². The maximum atomic E-state index is 12.2. The van der Waals surface area contributed by atoms with Crippen molar-refractivity contribution in [2.45, 2.75) is 66.3 Å². The predicted molar refractivity (Wildman–Crippen MR) is 229 cm³/mol. The molecule has 0 aliphatic heterocycles. The van der Waals surface area contributed by atoms with Gasteiger partial charge in [0.1, 0.15) is 24.7 Å². The van der Waals surface area contributed by atoms with Crippen LogP contribution in [0.3, 0.4) is 0 Å². The van der Waals surface area contributed by atoms with Gasteiger partial charge in [-0.3, -0.25) is 4.79 Å². The zero-order valence-corrected chi connectivity index (χ0v) is 34.5. The van der Waals surface area contributed by atoms with Crippen molar-refractivity contribution < 1.29 is 38.0 Å². The third-order valence-corrected chi connectivity index (χ3v) is 8.78. The van der Waals surface area contributed by atoms with Gasteiger partial charge < -0.3 is 28.4 Å². The Hall–Kier alpha value is -5.90. The zero-order valence-electron chi connectivity index (χ0n) is 34.5. The fraction of sp³-hybridized carbons (Fsp3) is 0.320. The quantitative estimate of drug-likeness (QED) is 0.0380. The fourth-order valence-electron chi connectivity index (χ4n) is 5.77. The minimum Gasteiger partial charge on any atom is -0.490 e. The Balaban J connectivity index is 1.22. The summed E-state index contributed by atoms with van der Waals surface area (Å²) in [6, 6.07) is 31.6. The van der Waals surface area contributed by atoms with E-state index in [0.717, 1.165) is 62.3 Å². The van der Waals surface area contributed by atoms with Gasteiger partial charge in [0, 0.05) is 43.8 Å². The largest absolute Gasteiger partial charge is 0.490 e. The lowest BCUT2D eigenvalue weighted by Crippen LogP contribution is -2.40. The molecule has 0 bridgehead atoms. The van der Waals surface area contributed by atoms with Gasteiger partial charge in [-0.25, -0.2) is 4.79 Å². The van der Waals surface area contributed by atoms with Gasteiger partial charge >= 0.3 is 5.97 Å². The summed E-state index contributed by atoms with van der Waals surface area (Å²) in [5.41, 5.74) is 7.74. The van der Waals surface area contributed by atoms with Gasteiger partial charge in [-0.1, -0.05) is 72.2 Å². The highest BCUT2D eigenvalue weighted by Crippen LogP contribution is 2.22. The third kappa shape index (κ3) is 14.9. The molecule has 0 fully saturated rings. The number of benzene rings is 4. The summed E-state index contributed by atoms with van der Waals surface area (Å²) in [4.78, 5) is 23.9. The van der Waals surface area contributed by atoms with Gasteiger partial charge in [0.05, 0.1) is 6.61 Å². The second-order valence-corrected chi connectivity index (χ2v) is 13.2. The first-order chi connectivity index (χ1) is 28.2. The first-order valence-corrected chi connectivity index (χ1v) is 19.7. The Labute approximate surface area is 344 Å². The SMILES string of the molecule is CCOC(=O)C(Cc1ccc(OCC=C(C)C#Cc2ccc(-c3ccc(C#CC(C)=CCOc4ccc(CC(C=O)(OCC)OCC)cc4)cc3)cc2)cc1)OCC. The van der Waals surface area contributed by atoms with Crippen LogP contribution >= 0.6 is 0 Å². The number of carbonyl (C=O) groups is 2. The third-order valence-electron chi connectivity index (χ3n) is 8.78. The van der Waals surface area contributed by atoms with Crippen molar-refractivity contribution in [3.05, 3.63) is 143 Å². The van der Waals surface area contributed by atoms with Crippen LogP contribution in [0, 0.1) is 23.7 Å². The fourth-order valence-corrected chi connectivity index (χ4v) is 5.77. The summed E-state index contributed by atoms with van der Waals surface area (Å²) in [5, 5.41) is 0. The summed E-state index contributed by atoms with van der Waals surface area (Å²) < 4.78 is 33.7. The highest BCUT2D eigenvalue weighted by atomic mass is 16.7. The second-order valence-electron chi connectivity index (χ2n) is 13.2. The molecule has 8 nitrogen and oxygen atoms in total. The Bertz CT molecular complexity index is 2070. The minimum atomic E-state index is -1.27. The van der Waals surface area contributed by atoms with Crippen LogP contribution < -0.4 is 9.47 Å². The van der Waals surface area contributed by atoms with Crippen LogP contribution in [0.1, 0.15) is 63.8 Å². The van der Waals surface area contributed by atoms with E-state index in [1.165, 1.54) is 0 Å². The van der Waals surface area contributed by atoms with Gasteiger partial charge in [0.2, 0.25) is 5.79 Å². The van der Waals surface area contributed by atoms with Gasteiger partial charge in [-0.2, -0.15) is 0 Å². The monoisotopic (exact) mass is 782 g/mol. The standard InChI is InChI=1S/C50H54O8/c1-7-53-48(49(52)54-8-2)35-42-19-27-46(28-20-42)55-33-31-38(5)11-13-40-15-23-44(24-16-40)45-25-17-41(18-26-45)14-12-39(6)32-34-56-47-29-21-43(22-30-47)36-50(37-51,57-9-3)58-10-4/h15-32,37,48H,7-10,33-36H2,1-6H3. The molecule has 4 rings (SSSR count). The molecule has 0 aliphatic rings. The van der Waals surface area contributed by atoms with E-state index in [4.69, 9.17) is 28.4 Å². The molecule has 0 amide bonds. The van der Waals surface area contributed by atoms with Crippen LogP contribution in [0.2, 0.25) is 0 Å². The highest BCUT2D eigenvalue weighted by Gasteiger charge is 2.31. The Kier molecular flexibility index (Phi) is 18.5. The Morgan fingerprint density at radius 3 is 1.50 bits per heavy atom. The summed E-state index contributed by atoms with van der Waals surface area (Å²) >= 11 is 0. The number of ether oxygens (including phenoxy) is 6. The lowest BCUT2D eigenvalue weighted by molar-refractivity contribution is -0.214. The van der Waals surface area contributed by atoms with Crippen LogP contribution in [0.25, 0.3) is 11.1 Å². The van der Waals surface area contributed by atoms with Crippen LogP contribution in [0.4, 0.5) is 0 Å². The number of carbonyl (C=O) groups excluding carboxylic acids is 2. The minimum absolute atomic E-state index is 0.323. The molecule has 4 aromatic rings. The number of hydrogen-bond donors (Lipinski definition) is 0. The highest BCUT2D eigenvalue weighted by molar-refractivity contribution is 5.75. The molecule has 8 heteroatoms. The molecule has 0 N–H and O–H groups in total. The van der Waals surface area contributed by atoms with Crippen molar-refractivity contribution >= 4 is 12.3 Å². The molecule has 0 heterocycles. The molecule has 0 aromatic heterocycles. The van der Waals surface area contributed by atoms with E-state index in [1.807, 2.05) is 120 Å². The Morgan fingerprint density at radius 1 is 0.621 bits per heavy atom. The molecule has 0 spiro atoms. The van der Waals surface area contributed by atoms with E-state index in [-0.39, 0.29) is 5.97 Å². The lowest BCUT2D eigenvalue weighted by Gasteiger charge is -2.27. The molecule has 4 aromatic carbocycles. The first kappa shape index (κ1) is 44.8. The first-order valence-electron chi connectivity index (χ1n) is 19.7. The molecule has 0 saturated carbocycles. The van der Waals surface area contributed by atoms with Gasteiger partial charge in [0.25, 0.3) is 0 Å². The number of esters is 1. The lowest BCUT2D eigenvalue weighted by atomic mass is 10.0. The van der Waals surface area contributed by atoms with Crippen molar-refractivity contribution in [3.63, 3.8) is 0 Å². The Morgan fingerprint density at radius 2 is 1.09 bits per heavy atom. The second kappa shape index (κ2) is 24.0. The number of aldehydes is 1. The number of hydrogen-bond acceptors (Lipinski definition) is 8. The molecular formula is C50H54O8. The van der Waals surface area contributed by atoms with Crippen molar-refractivity contribution in [2.75, 3.05) is 39.6 Å². The van der Waals surface area contributed by atoms with Crippen molar-refractivity contribution in [1.82, 2.24) is 0 Å². The van der Waals surface area contributed by atoms with Gasteiger partial charge in [-0.05, 0) is 136 Å². The van der Waals surface area contributed by atoms with E-state index < -0.39 is 11.9 Å². The average Bonchev–Trinajstić information content (AvgIpc) is 3.24. The number of allylic oxidation sites excluding steroid dienone is 2. The van der Waals surface area contributed by atoms with Crippen molar-refractivity contribution in [1.29, 1.82) is 0 Å². The summed E-state index contributed by atoms with van der Waals surface area (Å²) in [7, 11) is 0. The molecule has 1 unspecified atom stereocenters. The average molecular weight is 783 g/mol. The van der Waals surface area contributed by atoms with E-state index in [0.29, 0.717) is 52.5 Å². The molecular weight excluding hydrogens is 729 g/mol. The van der Waals surface area contributed by atoms with E-state index >= 15 is 0 Å². The molecule has 0 aliphatic carbocycles. The van der Waals surface area contributed by atoms with Crippen LogP contribution in [-0.2, 0) is 41.4 Å². The molecule has 0 radical (unpaired) electrons.